The van der Waals surface area contributed by atoms with Crippen molar-refractivity contribution in [1.82, 2.24) is 14.9 Å². The Morgan fingerprint density at radius 2 is 2.03 bits per heavy atom. The highest BCUT2D eigenvalue weighted by molar-refractivity contribution is 6.31. The highest BCUT2D eigenvalue weighted by Gasteiger charge is 2.32. The molecular formula is C27H22ClN5O3. The molecular weight excluding hydrogens is 478 g/mol. The van der Waals surface area contributed by atoms with Gasteiger partial charge in [-0.15, -0.1) is 0 Å². The van der Waals surface area contributed by atoms with Crippen LogP contribution >= 0.6 is 11.6 Å². The second-order valence-corrected chi connectivity index (χ2v) is 9.29. The van der Waals surface area contributed by atoms with Gasteiger partial charge in [-0.3, -0.25) is 9.59 Å². The number of carbonyl (C=O) groups excluding carboxylic acids is 2. The number of aromatic nitrogens is 2. The molecule has 2 aliphatic heterocycles. The fourth-order valence-corrected chi connectivity index (χ4v) is 4.97. The number of benzene rings is 2. The Kier molecular flexibility index (Phi) is 5.65. The number of halogens is 1. The molecule has 0 bridgehead atoms. The van der Waals surface area contributed by atoms with E-state index in [1.165, 1.54) is 0 Å². The van der Waals surface area contributed by atoms with Gasteiger partial charge in [-0.05, 0) is 67.4 Å². The molecule has 8 nitrogen and oxygen atoms in total. The number of nitrogens with zero attached hydrogens (tertiary/aromatic N) is 3. The SMILES string of the molecule is O=C1Cc2cnc(Nc3ccc(C(=O)N4CCCC4c4ccco4)cc3)nc2-c2ccc(Cl)cc2N1. The largest absolute Gasteiger partial charge is 0.467 e. The summed E-state index contributed by atoms with van der Waals surface area (Å²) in [5.41, 5.74) is 4.16. The van der Waals surface area contributed by atoms with Gasteiger partial charge in [0.2, 0.25) is 11.9 Å². The molecule has 4 aromatic rings. The molecule has 1 unspecified atom stereocenters. The number of amides is 2. The predicted octanol–water partition coefficient (Wildman–Crippen LogP) is 5.61. The van der Waals surface area contributed by atoms with Crippen LogP contribution in [-0.2, 0) is 11.2 Å². The Labute approximate surface area is 212 Å². The van der Waals surface area contributed by atoms with Crippen molar-refractivity contribution in [3.05, 3.63) is 89.0 Å². The quantitative estimate of drug-likeness (QED) is 0.379. The molecule has 1 fully saturated rings. The van der Waals surface area contributed by atoms with E-state index in [-0.39, 0.29) is 24.3 Å². The van der Waals surface area contributed by atoms with Crippen LogP contribution in [0.15, 0.2) is 71.5 Å². The van der Waals surface area contributed by atoms with Crippen LogP contribution in [0.25, 0.3) is 11.3 Å². The van der Waals surface area contributed by atoms with E-state index in [2.05, 4.69) is 20.6 Å². The monoisotopic (exact) mass is 499 g/mol. The first kappa shape index (κ1) is 22.3. The van der Waals surface area contributed by atoms with Crippen LogP contribution in [0.3, 0.4) is 0 Å². The normalized spacial score (nSPS) is 16.6. The van der Waals surface area contributed by atoms with Crippen molar-refractivity contribution in [2.45, 2.75) is 25.3 Å². The van der Waals surface area contributed by atoms with Gasteiger partial charge in [0.15, 0.2) is 0 Å². The minimum absolute atomic E-state index is 0.0193. The maximum Gasteiger partial charge on any atom is 0.254 e. The molecule has 2 N–H and O–H groups in total. The minimum Gasteiger partial charge on any atom is -0.467 e. The zero-order chi connectivity index (χ0) is 24.6. The lowest BCUT2D eigenvalue weighted by molar-refractivity contribution is -0.115. The van der Waals surface area contributed by atoms with E-state index in [9.17, 15) is 9.59 Å². The molecule has 0 radical (unpaired) electrons. The van der Waals surface area contributed by atoms with E-state index < -0.39 is 0 Å². The van der Waals surface area contributed by atoms with Crippen LogP contribution in [0.5, 0.6) is 0 Å². The highest BCUT2D eigenvalue weighted by Crippen LogP contribution is 2.35. The fraction of sp³-hybridized carbons (Fsp3) is 0.185. The first-order valence-electron chi connectivity index (χ1n) is 11.7. The van der Waals surface area contributed by atoms with Crippen LogP contribution in [0.4, 0.5) is 17.3 Å². The van der Waals surface area contributed by atoms with Crippen molar-refractivity contribution in [3.63, 3.8) is 0 Å². The van der Waals surface area contributed by atoms with E-state index in [4.69, 9.17) is 16.0 Å². The highest BCUT2D eigenvalue weighted by atomic mass is 35.5. The Bertz CT molecular complexity index is 1450. The van der Waals surface area contributed by atoms with Crippen LogP contribution in [0.1, 0.15) is 40.6 Å². The molecule has 2 aromatic heterocycles. The van der Waals surface area contributed by atoms with Crippen molar-refractivity contribution in [2.24, 2.45) is 0 Å². The minimum atomic E-state index is -0.144. The topological polar surface area (TPSA) is 100 Å². The third-order valence-electron chi connectivity index (χ3n) is 6.50. The number of nitrogens with one attached hydrogen (secondary N) is 2. The van der Waals surface area contributed by atoms with E-state index in [0.717, 1.165) is 35.4 Å². The van der Waals surface area contributed by atoms with Crippen molar-refractivity contribution >= 4 is 40.7 Å². The van der Waals surface area contributed by atoms with Crippen LogP contribution in [0.2, 0.25) is 5.02 Å². The van der Waals surface area contributed by atoms with E-state index in [0.29, 0.717) is 34.5 Å². The summed E-state index contributed by atoms with van der Waals surface area (Å²) in [5.74, 6) is 1.05. The lowest BCUT2D eigenvalue weighted by Gasteiger charge is -2.23. The average molecular weight is 500 g/mol. The van der Waals surface area contributed by atoms with Gasteiger partial charge in [0.25, 0.3) is 5.91 Å². The molecule has 6 rings (SSSR count). The van der Waals surface area contributed by atoms with Crippen LogP contribution in [0, 0.1) is 0 Å². The second-order valence-electron chi connectivity index (χ2n) is 8.86. The summed E-state index contributed by atoms with van der Waals surface area (Å²) in [6, 6.07) is 16.3. The standard InChI is InChI=1S/C27H22ClN5O3/c28-18-7-10-20-21(14-18)31-24(34)13-17-15-29-27(32-25(17)20)30-19-8-5-16(6-9-19)26(35)33-11-1-3-22(33)23-4-2-12-36-23/h2,4-10,12,14-15,22H,1,3,11,13H2,(H,31,34)(H,29,30,32). The Hall–Kier alpha value is -4.17. The predicted molar refractivity (Wildman–Crippen MR) is 136 cm³/mol. The van der Waals surface area contributed by atoms with E-state index in [1.54, 1.807) is 36.7 Å². The summed E-state index contributed by atoms with van der Waals surface area (Å²) in [5, 5.41) is 6.61. The summed E-state index contributed by atoms with van der Waals surface area (Å²) in [4.78, 5) is 36.4. The number of hydrogen-bond acceptors (Lipinski definition) is 6. The van der Waals surface area contributed by atoms with E-state index >= 15 is 0 Å². The summed E-state index contributed by atoms with van der Waals surface area (Å²) >= 11 is 6.13. The fourth-order valence-electron chi connectivity index (χ4n) is 4.80. The summed E-state index contributed by atoms with van der Waals surface area (Å²) in [7, 11) is 0. The third-order valence-corrected chi connectivity index (χ3v) is 6.73. The molecule has 2 aliphatic rings. The molecule has 9 heteroatoms. The summed E-state index contributed by atoms with van der Waals surface area (Å²) < 4.78 is 5.55. The molecule has 36 heavy (non-hydrogen) atoms. The zero-order valence-corrected chi connectivity index (χ0v) is 20.0. The molecule has 2 aromatic carbocycles. The summed E-state index contributed by atoms with van der Waals surface area (Å²) in [6.45, 7) is 0.706. The first-order chi connectivity index (χ1) is 17.5. The van der Waals surface area contributed by atoms with Crippen molar-refractivity contribution < 1.29 is 14.0 Å². The third kappa shape index (κ3) is 4.20. The lowest BCUT2D eigenvalue weighted by atomic mass is 10.1. The van der Waals surface area contributed by atoms with Gasteiger partial charge in [-0.25, -0.2) is 9.97 Å². The van der Waals surface area contributed by atoms with Gasteiger partial charge in [-0.2, -0.15) is 0 Å². The first-order valence-corrected chi connectivity index (χ1v) is 12.1. The van der Waals surface area contributed by atoms with Crippen molar-refractivity contribution in [2.75, 3.05) is 17.2 Å². The molecule has 0 aliphatic carbocycles. The molecule has 2 amide bonds. The van der Waals surface area contributed by atoms with E-state index in [1.807, 2.05) is 35.2 Å². The maximum atomic E-state index is 13.2. The van der Waals surface area contributed by atoms with Gasteiger partial charge in [0, 0.05) is 40.1 Å². The number of furan rings is 1. The summed E-state index contributed by atoms with van der Waals surface area (Å²) in [6.07, 6.45) is 5.32. The van der Waals surface area contributed by atoms with Crippen LogP contribution in [-0.4, -0.2) is 33.2 Å². The smallest absolute Gasteiger partial charge is 0.254 e. The molecule has 180 valence electrons. The Balaban J connectivity index is 1.22. The number of likely N-dealkylation sites (tertiary alicyclic amines) is 1. The van der Waals surface area contributed by atoms with Gasteiger partial charge in [-0.1, -0.05) is 11.6 Å². The van der Waals surface area contributed by atoms with Gasteiger partial charge in [0.05, 0.1) is 30.1 Å². The molecule has 1 saturated heterocycles. The number of hydrogen-bond donors (Lipinski definition) is 2. The maximum absolute atomic E-state index is 13.2. The van der Waals surface area contributed by atoms with Crippen LogP contribution < -0.4 is 10.6 Å². The van der Waals surface area contributed by atoms with Gasteiger partial charge in [0.1, 0.15) is 5.76 Å². The van der Waals surface area contributed by atoms with Gasteiger partial charge < -0.3 is 20.0 Å². The van der Waals surface area contributed by atoms with Crippen molar-refractivity contribution in [3.8, 4) is 11.3 Å². The van der Waals surface area contributed by atoms with Crippen molar-refractivity contribution in [1.29, 1.82) is 0 Å². The number of rotatable bonds is 4. The number of carbonyl (C=O) groups is 2. The lowest BCUT2D eigenvalue weighted by Crippen LogP contribution is -2.30. The average Bonchev–Trinajstić information content (AvgIpc) is 3.55. The molecule has 0 spiro atoms. The van der Waals surface area contributed by atoms with Gasteiger partial charge >= 0.3 is 0 Å². The Morgan fingerprint density at radius 1 is 1.17 bits per heavy atom. The molecule has 1 atom stereocenters. The second kappa shape index (κ2) is 9.13. The number of fused-ring (bicyclic) bond motifs is 3. The number of anilines is 3. The zero-order valence-electron chi connectivity index (χ0n) is 19.2. The molecule has 0 saturated carbocycles. The molecule has 4 heterocycles. The Morgan fingerprint density at radius 3 is 2.83 bits per heavy atom.